The molecule has 5 aromatic rings. The molecule has 6 heterocycles. The van der Waals surface area contributed by atoms with Gasteiger partial charge in [-0.1, -0.05) is 63.2 Å². The van der Waals surface area contributed by atoms with Gasteiger partial charge in [-0.05, 0) is 53.6 Å². The molecule has 4 aliphatic rings. The minimum Gasteiger partial charge on any atom is -0.370 e. The Hall–Kier alpha value is -6.20. The molecule has 6 atom stereocenters. The smallest absolute Gasteiger partial charge is 0.364 e. The van der Waals surface area contributed by atoms with Crippen molar-refractivity contribution in [2.24, 2.45) is 12.5 Å². The number of hydrogen-bond donors (Lipinski definition) is 4. The van der Waals surface area contributed by atoms with Gasteiger partial charge in [0.05, 0.1) is 35.2 Å². The third-order valence-corrected chi connectivity index (χ3v) is 16.5. The normalized spacial score (nSPS) is 21.9. The first-order valence-electron chi connectivity index (χ1n) is 24.7. The van der Waals surface area contributed by atoms with Crippen LogP contribution in [0.2, 0.25) is 0 Å². The number of piperidine rings is 1. The summed E-state index contributed by atoms with van der Waals surface area (Å²) in [6, 6.07) is 15.1. The van der Waals surface area contributed by atoms with Gasteiger partial charge in [-0.15, -0.1) is 11.3 Å². The third-order valence-electron chi connectivity index (χ3n) is 14.5. The number of aromatic nitrogens is 2. The number of morpholine rings is 1. The molecule has 0 spiro atoms. The molecule has 4 aliphatic heterocycles. The fourth-order valence-electron chi connectivity index (χ4n) is 10.4. The summed E-state index contributed by atoms with van der Waals surface area (Å²) < 4.78 is 57.3. The molecule has 400 valence electrons. The van der Waals surface area contributed by atoms with Gasteiger partial charge >= 0.3 is 13.3 Å². The number of thiophene rings is 1. The highest BCUT2D eigenvalue weighted by Gasteiger charge is 2.49. The maximum Gasteiger partial charge on any atom is 0.364 e. The zero-order chi connectivity index (χ0) is 53.7. The van der Waals surface area contributed by atoms with Gasteiger partial charge in [-0.2, -0.15) is 0 Å². The number of nitrogens with one attached hydrogen (secondary N) is 2. The molecule has 0 radical (unpaired) electrons. The number of aryl methyl sites for hydroxylation is 1. The zero-order valence-electron chi connectivity index (χ0n) is 41.8. The quantitative estimate of drug-likeness (QED) is 0.0968. The largest absolute Gasteiger partial charge is 0.370 e. The van der Waals surface area contributed by atoms with Crippen molar-refractivity contribution in [3.8, 4) is 0 Å². The van der Waals surface area contributed by atoms with E-state index >= 15 is 4.39 Å². The van der Waals surface area contributed by atoms with Crippen molar-refractivity contribution >= 4 is 75.5 Å². The molecule has 4 saturated heterocycles. The Labute approximate surface area is 433 Å². The van der Waals surface area contributed by atoms with E-state index in [0.29, 0.717) is 43.8 Å². The van der Waals surface area contributed by atoms with Gasteiger partial charge in [0.15, 0.2) is 0 Å². The van der Waals surface area contributed by atoms with Crippen LogP contribution in [0.3, 0.4) is 0 Å². The van der Waals surface area contributed by atoms with Gasteiger partial charge in [0.2, 0.25) is 35.4 Å². The monoisotopic (exact) mass is 1080 g/mol. The number of benzene rings is 3. The predicted molar refractivity (Wildman–Crippen MR) is 270 cm³/mol. The Bertz CT molecular complexity index is 3170. The van der Waals surface area contributed by atoms with E-state index in [4.69, 9.17) is 9.47 Å². The maximum atomic E-state index is 15.5. The first kappa shape index (κ1) is 53.6. The molecule has 2 aromatic heterocycles. The fraction of sp³-hybridized carbons (Fsp3) is 0.471. The highest BCUT2D eigenvalue weighted by atomic mass is 32.1. The number of ether oxygens (including phenoxy) is 2. The Morgan fingerprint density at radius 3 is 2.36 bits per heavy atom. The van der Waals surface area contributed by atoms with E-state index < -0.39 is 84.3 Å². The molecular formula is C51H59F2N8O12PS. The highest BCUT2D eigenvalue weighted by molar-refractivity contribution is 7.51. The molecule has 75 heavy (non-hydrogen) atoms. The van der Waals surface area contributed by atoms with E-state index in [1.54, 1.807) is 43.7 Å². The Balaban J connectivity index is 0.881. The van der Waals surface area contributed by atoms with Crippen LogP contribution in [-0.4, -0.2) is 151 Å². The summed E-state index contributed by atoms with van der Waals surface area (Å²) in [5.41, 5.74) is 0.841. The van der Waals surface area contributed by atoms with E-state index in [1.807, 2.05) is 42.5 Å². The minimum atomic E-state index is -5.35. The summed E-state index contributed by atoms with van der Waals surface area (Å²) in [4.78, 5) is 121. The number of imide groups is 1. The van der Waals surface area contributed by atoms with Crippen molar-refractivity contribution in [2.75, 3.05) is 59.0 Å². The first-order valence-corrected chi connectivity index (χ1v) is 27.2. The SMILES string of the molecule is Cn1c(=O)n(C2CCC(=O)NC2=O)c2ccc(CN3CCN(C(=O)CO[C@@H]4CCN(C(=O)[C@@H](NC(=O)c5cc6c(F)c([C@@H](F)P(=O)(O)O)ccc6s5)C(C)(C)C)[C@@H]4C(=O)N4CCO[C@H](c5ccccc5)C4)CC3)cc21. The number of hydrogen-bond acceptors (Lipinski definition) is 12. The van der Waals surface area contributed by atoms with Crippen molar-refractivity contribution in [3.05, 3.63) is 105 Å². The molecule has 24 heteroatoms. The first-order chi connectivity index (χ1) is 35.6. The van der Waals surface area contributed by atoms with Crippen LogP contribution in [-0.2, 0) is 51.6 Å². The van der Waals surface area contributed by atoms with Gasteiger partial charge in [0, 0.05) is 74.9 Å². The Kier molecular flexibility index (Phi) is 15.3. The van der Waals surface area contributed by atoms with Crippen LogP contribution in [0.5, 0.6) is 0 Å². The van der Waals surface area contributed by atoms with E-state index in [0.717, 1.165) is 34.6 Å². The molecule has 0 bridgehead atoms. The number of carbonyl (C=O) groups excluding carboxylic acids is 6. The second kappa shape index (κ2) is 21.4. The number of rotatable bonds is 13. The topological polar surface area (TPSA) is 242 Å². The molecule has 6 amide bonds. The van der Waals surface area contributed by atoms with Gasteiger partial charge in [-0.25, -0.2) is 13.6 Å². The molecule has 0 aliphatic carbocycles. The van der Waals surface area contributed by atoms with Crippen LogP contribution in [0.15, 0.2) is 71.5 Å². The van der Waals surface area contributed by atoms with E-state index in [9.17, 15) is 52.3 Å². The Morgan fingerprint density at radius 1 is 0.933 bits per heavy atom. The molecule has 3 aromatic carbocycles. The number of fused-ring (bicyclic) bond motifs is 2. The third kappa shape index (κ3) is 11.1. The van der Waals surface area contributed by atoms with Crippen LogP contribution in [0, 0.1) is 11.2 Å². The highest BCUT2D eigenvalue weighted by Crippen LogP contribution is 2.54. The lowest BCUT2D eigenvalue weighted by atomic mass is 9.85. The second-order valence-electron chi connectivity index (χ2n) is 20.5. The van der Waals surface area contributed by atoms with Crippen LogP contribution >= 0.6 is 18.9 Å². The molecule has 9 rings (SSSR count). The van der Waals surface area contributed by atoms with Gasteiger partial charge in [0.1, 0.15) is 36.7 Å². The number of amides is 6. The number of alkyl halides is 1. The summed E-state index contributed by atoms with van der Waals surface area (Å²) in [6.07, 6.45) is -0.809. The Morgan fingerprint density at radius 2 is 1.67 bits per heavy atom. The van der Waals surface area contributed by atoms with Crippen molar-refractivity contribution < 1.29 is 61.4 Å². The van der Waals surface area contributed by atoms with Gasteiger partial charge in [0.25, 0.3) is 5.91 Å². The summed E-state index contributed by atoms with van der Waals surface area (Å²) >= 11 is 0.841. The van der Waals surface area contributed by atoms with Crippen LogP contribution < -0.4 is 16.3 Å². The number of likely N-dealkylation sites (tertiary alicyclic amines) is 1. The van der Waals surface area contributed by atoms with Crippen LogP contribution in [0.25, 0.3) is 21.1 Å². The van der Waals surface area contributed by atoms with Gasteiger partial charge < -0.3 is 39.3 Å². The number of nitrogens with zero attached hydrogens (tertiary/aromatic N) is 6. The average molecular weight is 1080 g/mol. The van der Waals surface area contributed by atoms with Crippen molar-refractivity contribution in [1.29, 1.82) is 0 Å². The lowest BCUT2D eigenvalue weighted by Gasteiger charge is -2.39. The number of piperazine rings is 1. The van der Waals surface area contributed by atoms with Crippen LogP contribution in [0.4, 0.5) is 8.78 Å². The summed E-state index contributed by atoms with van der Waals surface area (Å²) in [6.45, 7) is 7.82. The molecule has 20 nitrogen and oxygen atoms in total. The molecule has 4 N–H and O–H groups in total. The molecule has 4 fully saturated rings. The summed E-state index contributed by atoms with van der Waals surface area (Å²) in [7, 11) is -3.71. The molecule has 1 unspecified atom stereocenters. The van der Waals surface area contributed by atoms with E-state index in [-0.39, 0.29) is 84.6 Å². The standard InChI is InChI=1S/C51H59F2N8O12PS/c1-51(2,3)44(55-47(65)39-25-32-38(75-39)14-11-31(42(32)52)45(53)74(69,70)71)49(67)60-17-16-36(43(60)48(66)59-22-23-72-37(27-59)30-8-6-5-7-9-30)73-28-41(63)58-20-18-57(19-21-58)26-29-10-12-33-35(24-29)56(4)50(68)61(33)34-13-15-40(62)54-46(34)64/h5-12,14,24-25,34,36-37,43-45H,13,15-23,26-28H2,1-4H3,(H,55,65)(H,54,62,64)(H2,69,70,71)/t34?,36-,37+,43+,44-,45+/m1/s1. The molecule has 0 saturated carbocycles. The number of carbonyl (C=O) groups is 6. The molecular weight excluding hydrogens is 1020 g/mol. The van der Waals surface area contributed by atoms with Gasteiger partial charge in [-0.3, -0.25) is 52.7 Å². The number of imidazole rings is 1. The minimum absolute atomic E-state index is 0.0458. The van der Waals surface area contributed by atoms with Crippen molar-refractivity contribution in [3.63, 3.8) is 0 Å². The zero-order valence-corrected chi connectivity index (χ0v) is 43.5. The lowest BCUT2D eigenvalue weighted by molar-refractivity contribution is -0.156. The average Bonchev–Trinajstić information content (AvgIpc) is 4.09. The van der Waals surface area contributed by atoms with Crippen molar-refractivity contribution in [2.45, 2.75) is 82.8 Å². The number of halogens is 2. The second-order valence-corrected chi connectivity index (χ2v) is 23.2. The lowest BCUT2D eigenvalue weighted by Crippen LogP contribution is -2.60. The summed E-state index contributed by atoms with van der Waals surface area (Å²) in [5, 5.41) is 4.88. The van der Waals surface area contributed by atoms with Crippen LogP contribution in [0.1, 0.15) is 84.5 Å². The van der Waals surface area contributed by atoms with Crippen molar-refractivity contribution in [1.82, 2.24) is 39.4 Å². The summed E-state index contributed by atoms with van der Waals surface area (Å²) in [5.74, 6) is -7.11. The fourth-order valence-corrected chi connectivity index (χ4v) is 11.9. The van der Waals surface area contributed by atoms with E-state index in [1.165, 1.54) is 20.1 Å². The maximum absolute atomic E-state index is 15.5. The predicted octanol–water partition coefficient (Wildman–Crippen LogP) is 3.89. The van der Waals surface area contributed by atoms with E-state index in [2.05, 4.69) is 15.5 Å².